The van der Waals surface area contributed by atoms with Crippen LogP contribution in [0.2, 0.25) is 0 Å². The third kappa shape index (κ3) is 1.97. The van der Waals surface area contributed by atoms with Gasteiger partial charge in [0.2, 0.25) is 0 Å². The zero-order chi connectivity index (χ0) is 9.19. The average Bonchev–Trinajstić information content (AvgIpc) is 2.06. The van der Waals surface area contributed by atoms with Gasteiger partial charge in [-0.15, -0.1) is 0 Å². The summed E-state index contributed by atoms with van der Waals surface area (Å²) in [4.78, 5) is 0. The van der Waals surface area contributed by atoms with Crippen molar-refractivity contribution >= 4 is 9.84 Å². The lowest BCUT2D eigenvalue weighted by Gasteiger charge is -2.24. The van der Waals surface area contributed by atoms with Crippen molar-refractivity contribution in [1.82, 2.24) is 10.6 Å². The minimum Gasteiger partial charge on any atom is -0.313 e. The molecule has 1 N–H and O–H groups in total. The molecule has 1 rings (SSSR count). The van der Waals surface area contributed by atoms with Crippen LogP contribution >= 0.6 is 0 Å². The highest BCUT2D eigenvalue weighted by Gasteiger charge is 2.30. The Morgan fingerprint density at radius 2 is 2.17 bits per heavy atom. The molecule has 1 saturated heterocycles. The summed E-state index contributed by atoms with van der Waals surface area (Å²) in [5, 5.41) is 6.25. The van der Waals surface area contributed by atoms with Crippen molar-refractivity contribution in [3.63, 3.8) is 0 Å². The Hall–Kier alpha value is -0.130. The van der Waals surface area contributed by atoms with Gasteiger partial charge in [-0.25, -0.2) is 13.7 Å². The third-order valence-electron chi connectivity index (χ3n) is 1.98. The third-order valence-corrected chi connectivity index (χ3v) is 4.36. The van der Waals surface area contributed by atoms with Gasteiger partial charge in [0.25, 0.3) is 0 Å². The van der Waals surface area contributed by atoms with Gasteiger partial charge >= 0.3 is 0 Å². The molecule has 0 aromatic heterocycles. The van der Waals surface area contributed by atoms with Gasteiger partial charge in [0.1, 0.15) is 5.37 Å². The second kappa shape index (κ2) is 3.72. The van der Waals surface area contributed by atoms with Crippen LogP contribution in [0.5, 0.6) is 0 Å². The quantitative estimate of drug-likeness (QED) is 0.630. The van der Waals surface area contributed by atoms with E-state index < -0.39 is 15.2 Å². The van der Waals surface area contributed by atoms with Crippen LogP contribution in [0.25, 0.3) is 0 Å². The van der Waals surface area contributed by atoms with Crippen molar-refractivity contribution in [2.75, 3.05) is 19.6 Å². The molecule has 1 fully saturated rings. The molecule has 0 spiro atoms. The number of rotatable bonds is 2. The lowest BCUT2D eigenvalue weighted by atomic mass is 10.4. The van der Waals surface area contributed by atoms with E-state index in [0.717, 1.165) is 6.54 Å². The second-order valence-corrected chi connectivity index (χ2v) is 5.87. The van der Waals surface area contributed by atoms with Crippen LogP contribution in [0.4, 0.5) is 0 Å². The van der Waals surface area contributed by atoms with Crippen molar-refractivity contribution in [2.45, 2.75) is 24.5 Å². The standard InChI is InChI=1S/C7H15N2O2S/c1-6(2)12(10,11)7-5-8-3-4-9-7/h6-8H,3-5H2,1-2H3. The summed E-state index contributed by atoms with van der Waals surface area (Å²) in [6.07, 6.45) is 0. The fraction of sp³-hybridized carbons (Fsp3) is 1.00. The zero-order valence-corrected chi connectivity index (χ0v) is 8.26. The molecule has 1 heterocycles. The van der Waals surface area contributed by atoms with E-state index in [9.17, 15) is 8.42 Å². The van der Waals surface area contributed by atoms with E-state index >= 15 is 0 Å². The first-order chi connectivity index (χ1) is 5.55. The molecule has 1 unspecified atom stereocenters. The molecular weight excluding hydrogens is 176 g/mol. The van der Waals surface area contributed by atoms with Gasteiger partial charge in [0.15, 0.2) is 9.84 Å². The summed E-state index contributed by atoms with van der Waals surface area (Å²) in [6, 6.07) is 0. The maximum Gasteiger partial charge on any atom is 0.171 e. The molecule has 0 amide bonds. The predicted octanol–water partition coefficient (Wildman–Crippen LogP) is -0.657. The van der Waals surface area contributed by atoms with Gasteiger partial charge in [-0.1, -0.05) is 0 Å². The summed E-state index contributed by atoms with van der Waals surface area (Å²) in [7, 11) is -3.03. The maximum absolute atomic E-state index is 11.6. The van der Waals surface area contributed by atoms with E-state index in [4.69, 9.17) is 0 Å². The first-order valence-electron chi connectivity index (χ1n) is 4.15. The molecule has 4 nitrogen and oxygen atoms in total. The second-order valence-electron chi connectivity index (χ2n) is 3.20. The summed E-state index contributed by atoms with van der Waals surface area (Å²) >= 11 is 0. The smallest absolute Gasteiger partial charge is 0.171 e. The Kier molecular flexibility index (Phi) is 3.09. The normalized spacial score (nSPS) is 26.1. The fourth-order valence-corrected chi connectivity index (χ4v) is 2.40. The van der Waals surface area contributed by atoms with Crippen LogP contribution in [-0.2, 0) is 9.84 Å². The predicted molar refractivity (Wildman–Crippen MR) is 47.7 cm³/mol. The number of nitrogens with zero attached hydrogens (tertiary/aromatic N) is 1. The van der Waals surface area contributed by atoms with Crippen LogP contribution in [0.1, 0.15) is 13.8 Å². The number of piperazine rings is 1. The highest BCUT2D eigenvalue weighted by molar-refractivity contribution is 7.92. The number of hydrogen-bond acceptors (Lipinski definition) is 3. The summed E-state index contributed by atoms with van der Waals surface area (Å²) in [5.74, 6) is 0. The van der Waals surface area contributed by atoms with Crippen molar-refractivity contribution < 1.29 is 8.42 Å². The van der Waals surface area contributed by atoms with Gasteiger partial charge in [-0.05, 0) is 13.8 Å². The molecular formula is C7H15N2O2S. The Balaban J connectivity index is 2.67. The van der Waals surface area contributed by atoms with E-state index in [-0.39, 0.29) is 5.25 Å². The lowest BCUT2D eigenvalue weighted by molar-refractivity contribution is 0.464. The summed E-state index contributed by atoms with van der Waals surface area (Å²) < 4.78 is 23.1. The van der Waals surface area contributed by atoms with Crippen molar-refractivity contribution in [3.8, 4) is 0 Å². The molecule has 5 heteroatoms. The molecule has 71 valence electrons. The Morgan fingerprint density at radius 3 is 2.58 bits per heavy atom. The highest BCUT2D eigenvalue weighted by Crippen LogP contribution is 2.08. The van der Waals surface area contributed by atoms with Gasteiger partial charge in [0, 0.05) is 19.6 Å². The van der Waals surface area contributed by atoms with Gasteiger partial charge in [0.05, 0.1) is 5.25 Å². The van der Waals surface area contributed by atoms with E-state index in [1.807, 2.05) is 0 Å². The van der Waals surface area contributed by atoms with Gasteiger partial charge < -0.3 is 5.32 Å². The first-order valence-corrected chi connectivity index (χ1v) is 5.76. The minimum atomic E-state index is -3.03. The molecule has 0 aliphatic carbocycles. The van der Waals surface area contributed by atoms with E-state index in [1.54, 1.807) is 13.8 Å². The van der Waals surface area contributed by atoms with Gasteiger partial charge in [-0.3, -0.25) is 0 Å². The molecule has 1 aliphatic rings. The van der Waals surface area contributed by atoms with Crippen LogP contribution in [0.3, 0.4) is 0 Å². The molecule has 0 aromatic carbocycles. The number of nitrogens with one attached hydrogen (secondary N) is 1. The lowest BCUT2D eigenvalue weighted by Crippen LogP contribution is -2.50. The van der Waals surface area contributed by atoms with Crippen LogP contribution in [-0.4, -0.2) is 38.7 Å². The molecule has 1 atom stereocenters. The van der Waals surface area contributed by atoms with Crippen LogP contribution in [0, 0.1) is 0 Å². The summed E-state index contributed by atoms with van der Waals surface area (Å²) in [6.45, 7) is 5.26. The first kappa shape index (κ1) is 9.95. The maximum atomic E-state index is 11.6. The molecule has 1 aliphatic heterocycles. The SMILES string of the molecule is CC(C)S(=O)(=O)C1CNCC[N]1. The van der Waals surface area contributed by atoms with Crippen LogP contribution < -0.4 is 10.6 Å². The average molecular weight is 191 g/mol. The molecule has 12 heavy (non-hydrogen) atoms. The minimum absolute atomic E-state index is 0.328. The zero-order valence-electron chi connectivity index (χ0n) is 7.45. The number of sulfone groups is 1. The van der Waals surface area contributed by atoms with E-state index in [0.29, 0.717) is 13.1 Å². The van der Waals surface area contributed by atoms with E-state index in [1.165, 1.54) is 0 Å². The van der Waals surface area contributed by atoms with Crippen molar-refractivity contribution in [1.29, 1.82) is 0 Å². The fourth-order valence-electron chi connectivity index (χ4n) is 1.11. The molecule has 0 aromatic rings. The van der Waals surface area contributed by atoms with Crippen molar-refractivity contribution in [3.05, 3.63) is 0 Å². The summed E-state index contributed by atoms with van der Waals surface area (Å²) in [5.41, 5.74) is 0. The van der Waals surface area contributed by atoms with Crippen molar-refractivity contribution in [2.24, 2.45) is 0 Å². The van der Waals surface area contributed by atoms with E-state index in [2.05, 4.69) is 10.6 Å². The highest BCUT2D eigenvalue weighted by atomic mass is 32.2. The largest absolute Gasteiger partial charge is 0.313 e. The number of hydrogen-bond donors (Lipinski definition) is 1. The molecule has 0 saturated carbocycles. The molecule has 0 bridgehead atoms. The topological polar surface area (TPSA) is 60.3 Å². The Labute approximate surface area is 73.6 Å². The monoisotopic (exact) mass is 191 g/mol. The Morgan fingerprint density at radius 1 is 1.50 bits per heavy atom. The van der Waals surface area contributed by atoms with Gasteiger partial charge in [-0.2, -0.15) is 0 Å². The molecule has 1 radical (unpaired) electrons. The Bertz CT molecular complexity index is 230. The van der Waals surface area contributed by atoms with Crippen LogP contribution in [0.15, 0.2) is 0 Å².